The first-order valence-electron chi connectivity index (χ1n) is 8.62. The lowest BCUT2D eigenvalue weighted by atomic mass is 9.93. The van der Waals surface area contributed by atoms with Crippen molar-refractivity contribution in [1.29, 1.82) is 0 Å². The maximum atomic E-state index is 12.3. The molecule has 0 aliphatic heterocycles. The first kappa shape index (κ1) is 18.4. The van der Waals surface area contributed by atoms with E-state index in [1.165, 1.54) is 16.9 Å². The molecule has 1 aromatic carbocycles. The number of amides is 1. The van der Waals surface area contributed by atoms with Crippen molar-refractivity contribution in [3.05, 3.63) is 40.7 Å². The smallest absolute Gasteiger partial charge is 0.243 e. The van der Waals surface area contributed by atoms with Crippen LogP contribution in [0.2, 0.25) is 0 Å². The van der Waals surface area contributed by atoms with Crippen molar-refractivity contribution < 1.29 is 4.79 Å². The van der Waals surface area contributed by atoms with Crippen molar-refractivity contribution in [1.82, 2.24) is 14.6 Å². The number of fused-ring (bicyclic) bond motifs is 1. The van der Waals surface area contributed by atoms with E-state index in [4.69, 9.17) is 0 Å². The molecule has 0 bridgehead atoms. The van der Waals surface area contributed by atoms with Gasteiger partial charge in [-0.05, 0) is 31.9 Å². The maximum absolute atomic E-state index is 12.3. The molecule has 26 heavy (non-hydrogen) atoms. The average Bonchev–Trinajstić information content (AvgIpc) is 3.06. The van der Waals surface area contributed by atoms with Crippen LogP contribution in [0.3, 0.4) is 0 Å². The minimum atomic E-state index is -0.0942. The molecule has 3 rings (SSSR count). The lowest BCUT2D eigenvalue weighted by Gasteiger charge is -2.13. The van der Waals surface area contributed by atoms with E-state index in [2.05, 4.69) is 60.5 Å². The van der Waals surface area contributed by atoms with Crippen LogP contribution in [0, 0.1) is 20.8 Å². The third kappa shape index (κ3) is 3.88. The molecule has 2 N–H and O–H groups in total. The number of carbonyl (C=O) groups is 1. The molecule has 0 unspecified atom stereocenters. The van der Waals surface area contributed by atoms with E-state index in [0.717, 1.165) is 27.5 Å². The second kappa shape index (κ2) is 6.72. The number of aromatic nitrogens is 3. The first-order chi connectivity index (χ1) is 12.1. The van der Waals surface area contributed by atoms with Crippen LogP contribution in [0.1, 0.15) is 43.2 Å². The van der Waals surface area contributed by atoms with Gasteiger partial charge in [-0.1, -0.05) is 49.8 Å². The van der Waals surface area contributed by atoms with Crippen LogP contribution < -0.4 is 10.6 Å². The molecular formula is C19H25N5OS. The fourth-order valence-electron chi connectivity index (χ4n) is 2.85. The highest BCUT2D eigenvalue weighted by atomic mass is 32.1. The van der Waals surface area contributed by atoms with Gasteiger partial charge in [0.05, 0.1) is 18.4 Å². The highest BCUT2D eigenvalue weighted by molar-refractivity contribution is 7.20. The van der Waals surface area contributed by atoms with Gasteiger partial charge in [-0.15, -0.1) is 5.10 Å². The van der Waals surface area contributed by atoms with Gasteiger partial charge in [0.25, 0.3) is 0 Å². The number of benzene rings is 1. The summed E-state index contributed by atoms with van der Waals surface area (Å²) < 4.78 is 1.76. The standard InChI is InChI=1S/C19H25N5OS/c1-11-7-12(2)16(13(3)8-11)22-15(25)9-20-17-23-24-10-14(19(4,5)6)21-18(24)26-17/h7-8,10H,9H2,1-6H3,(H,20,23)(H,22,25). The van der Waals surface area contributed by atoms with Gasteiger partial charge in [-0.25, -0.2) is 9.50 Å². The van der Waals surface area contributed by atoms with Crippen molar-refractivity contribution in [3.63, 3.8) is 0 Å². The second-order valence-electron chi connectivity index (χ2n) is 7.69. The highest BCUT2D eigenvalue weighted by Gasteiger charge is 2.19. The molecule has 0 aliphatic carbocycles. The molecule has 0 saturated carbocycles. The fraction of sp³-hybridized carbons (Fsp3) is 0.421. The van der Waals surface area contributed by atoms with E-state index in [0.29, 0.717) is 5.13 Å². The zero-order valence-corrected chi connectivity index (χ0v) is 16.9. The average molecular weight is 372 g/mol. The van der Waals surface area contributed by atoms with Gasteiger partial charge < -0.3 is 10.6 Å². The molecule has 2 aromatic heterocycles. The molecule has 7 heteroatoms. The first-order valence-corrected chi connectivity index (χ1v) is 9.43. The lowest BCUT2D eigenvalue weighted by Crippen LogP contribution is -2.22. The molecule has 2 heterocycles. The van der Waals surface area contributed by atoms with Crippen LogP contribution in [0.5, 0.6) is 0 Å². The molecule has 138 valence electrons. The summed E-state index contributed by atoms with van der Waals surface area (Å²) in [7, 11) is 0. The van der Waals surface area contributed by atoms with Crippen LogP contribution >= 0.6 is 11.3 Å². The topological polar surface area (TPSA) is 71.3 Å². The Hall–Kier alpha value is -2.41. The second-order valence-corrected chi connectivity index (χ2v) is 8.64. The summed E-state index contributed by atoms with van der Waals surface area (Å²) in [6.07, 6.45) is 1.94. The quantitative estimate of drug-likeness (QED) is 0.725. The zero-order valence-electron chi connectivity index (χ0n) is 16.1. The predicted molar refractivity (Wildman–Crippen MR) is 107 cm³/mol. The van der Waals surface area contributed by atoms with Crippen molar-refractivity contribution >= 4 is 33.0 Å². The van der Waals surface area contributed by atoms with E-state index >= 15 is 0 Å². The van der Waals surface area contributed by atoms with Crippen LogP contribution in [-0.2, 0) is 10.2 Å². The molecule has 3 aromatic rings. The van der Waals surface area contributed by atoms with Crippen LogP contribution in [0.4, 0.5) is 10.8 Å². The van der Waals surface area contributed by atoms with Crippen molar-refractivity contribution in [2.75, 3.05) is 17.2 Å². The molecule has 6 nitrogen and oxygen atoms in total. The molecule has 0 fully saturated rings. The number of carbonyl (C=O) groups excluding carboxylic acids is 1. The van der Waals surface area contributed by atoms with Gasteiger partial charge in [0.1, 0.15) is 0 Å². The normalized spacial score (nSPS) is 11.8. The Morgan fingerprint density at radius 2 is 1.85 bits per heavy atom. The molecule has 0 atom stereocenters. The zero-order chi connectivity index (χ0) is 19.1. The molecular weight excluding hydrogens is 346 g/mol. The van der Waals surface area contributed by atoms with Crippen LogP contribution in [0.25, 0.3) is 4.96 Å². The molecule has 0 radical (unpaired) electrons. The van der Waals surface area contributed by atoms with Gasteiger partial charge in [0.2, 0.25) is 16.0 Å². The predicted octanol–water partition coefficient (Wildman–Crippen LogP) is 4.06. The minimum Gasteiger partial charge on any atom is -0.351 e. The van der Waals surface area contributed by atoms with E-state index in [9.17, 15) is 4.79 Å². The SMILES string of the molecule is Cc1cc(C)c(NC(=O)CNc2nn3cc(C(C)(C)C)nc3s2)c(C)c1. The Morgan fingerprint density at radius 3 is 2.42 bits per heavy atom. The Labute approximate surface area is 157 Å². The van der Waals surface area contributed by atoms with Crippen LogP contribution in [0.15, 0.2) is 18.3 Å². The Balaban J connectivity index is 1.65. The summed E-state index contributed by atoms with van der Waals surface area (Å²) in [6, 6.07) is 4.14. The van der Waals surface area contributed by atoms with Crippen molar-refractivity contribution in [3.8, 4) is 0 Å². The molecule has 0 spiro atoms. The Bertz CT molecular complexity index is 910. The van der Waals surface area contributed by atoms with Gasteiger partial charge in [-0.2, -0.15) is 0 Å². The maximum Gasteiger partial charge on any atom is 0.243 e. The summed E-state index contributed by atoms with van der Waals surface area (Å²) in [4.78, 5) is 17.7. The molecule has 0 saturated heterocycles. The number of nitrogens with zero attached hydrogens (tertiary/aromatic N) is 3. The third-order valence-electron chi connectivity index (χ3n) is 4.15. The fourth-order valence-corrected chi connectivity index (χ4v) is 3.63. The number of rotatable bonds is 4. The third-order valence-corrected chi connectivity index (χ3v) is 5.03. The minimum absolute atomic E-state index is 0.00927. The van der Waals surface area contributed by atoms with Gasteiger partial charge in [0, 0.05) is 11.1 Å². The van der Waals surface area contributed by atoms with Gasteiger partial charge >= 0.3 is 0 Å². The number of aryl methyl sites for hydroxylation is 3. The monoisotopic (exact) mass is 371 g/mol. The summed E-state index contributed by atoms with van der Waals surface area (Å²) in [5.41, 5.74) is 5.20. The number of anilines is 2. The Morgan fingerprint density at radius 1 is 1.19 bits per heavy atom. The summed E-state index contributed by atoms with van der Waals surface area (Å²) in [6.45, 7) is 12.6. The van der Waals surface area contributed by atoms with Crippen molar-refractivity contribution in [2.45, 2.75) is 47.0 Å². The largest absolute Gasteiger partial charge is 0.351 e. The number of nitrogens with one attached hydrogen (secondary N) is 2. The Kier molecular flexibility index (Phi) is 4.75. The lowest BCUT2D eigenvalue weighted by molar-refractivity contribution is -0.114. The summed E-state index contributed by atoms with van der Waals surface area (Å²) in [5.74, 6) is -0.0942. The van der Waals surface area contributed by atoms with Crippen molar-refractivity contribution in [2.24, 2.45) is 0 Å². The molecule has 1 amide bonds. The summed E-state index contributed by atoms with van der Waals surface area (Å²) >= 11 is 1.44. The number of hydrogen-bond donors (Lipinski definition) is 2. The van der Waals surface area contributed by atoms with Gasteiger partial charge in [-0.3, -0.25) is 4.79 Å². The van der Waals surface area contributed by atoms with E-state index in [1.54, 1.807) is 4.52 Å². The van der Waals surface area contributed by atoms with E-state index in [1.807, 2.05) is 20.0 Å². The van der Waals surface area contributed by atoms with Gasteiger partial charge in [0.15, 0.2) is 0 Å². The van der Waals surface area contributed by atoms with E-state index < -0.39 is 0 Å². The summed E-state index contributed by atoms with van der Waals surface area (Å²) in [5, 5.41) is 11.2. The highest BCUT2D eigenvalue weighted by Crippen LogP contribution is 2.26. The van der Waals surface area contributed by atoms with Crippen LogP contribution in [-0.4, -0.2) is 27.0 Å². The number of imidazole rings is 1. The number of hydrogen-bond acceptors (Lipinski definition) is 5. The van der Waals surface area contributed by atoms with E-state index in [-0.39, 0.29) is 17.9 Å². The molecule has 0 aliphatic rings.